The van der Waals surface area contributed by atoms with Crippen molar-refractivity contribution in [2.45, 2.75) is 6.54 Å². The standard InChI is InChI=1S/C13H10N4O2S/c18-12(10-3-6-20-8-10)15-7-11-16-17-13(19-11)9-1-4-14-5-2-9/h1-6,8H,7H2,(H,15,18). The number of carbonyl (C=O) groups excluding carboxylic acids is 1. The molecule has 20 heavy (non-hydrogen) atoms. The van der Waals surface area contributed by atoms with Crippen LogP contribution >= 0.6 is 11.3 Å². The maximum absolute atomic E-state index is 11.8. The fraction of sp³-hybridized carbons (Fsp3) is 0.0769. The molecule has 1 amide bonds. The minimum atomic E-state index is -0.157. The number of rotatable bonds is 4. The first kappa shape index (κ1) is 12.5. The molecule has 6 nitrogen and oxygen atoms in total. The minimum absolute atomic E-state index is 0.157. The lowest BCUT2D eigenvalue weighted by atomic mass is 10.3. The second-order valence-electron chi connectivity index (χ2n) is 3.93. The molecule has 0 spiro atoms. The number of nitrogens with zero attached hydrogens (tertiary/aromatic N) is 3. The fourth-order valence-corrected chi connectivity index (χ4v) is 2.22. The quantitative estimate of drug-likeness (QED) is 0.794. The molecule has 0 unspecified atom stereocenters. The highest BCUT2D eigenvalue weighted by atomic mass is 32.1. The molecule has 0 bridgehead atoms. The van der Waals surface area contributed by atoms with Gasteiger partial charge in [0.25, 0.3) is 5.91 Å². The number of amides is 1. The highest BCUT2D eigenvalue weighted by Crippen LogP contribution is 2.16. The summed E-state index contributed by atoms with van der Waals surface area (Å²) in [5.74, 6) is 0.613. The zero-order chi connectivity index (χ0) is 13.8. The van der Waals surface area contributed by atoms with Gasteiger partial charge in [0.05, 0.1) is 6.54 Å². The molecule has 0 fully saturated rings. The molecule has 1 N–H and O–H groups in total. The molecule has 0 aromatic carbocycles. The van der Waals surface area contributed by atoms with Gasteiger partial charge in [-0.2, -0.15) is 11.3 Å². The summed E-state index contributed by atoms with van der Waals surface area (Å²) in [4.78, 5) is 15.7. The lowest BCUT2D eigenvalue weighted by Crippen LogP contribution is -2.22. The van der Waals surface area contributed by atoms with Crippen molar-refractivity contribution in [2.75, 3.05) is 0 Å². The van der Waals surface area contributed by atoms with Crippen molar-refractivity contribution in [3.63, 3.8) is 0 Å². The number of hydrogen-bond acceptors (Lipinski definition) is 6. The van der Waals surface area contributed by atoms with E-state index < -0.39 is 0 Å². The van der Waals surface area contributed by atoms with Crippen LogP contribution in [-0.4, -0.2) is 21.1 Å². The van der Waals surface area contributed by atoms with Crippen LogP contribution in [0.5, 0.6) is 0 Å². The predicted octanol–water partition coefficient (Wildman–Crippen LogP) is 2.12. The zero-order valence-electron chi connectivity index (χ0n) is 10.3. The Morgan fingerprint density at radius 2 is 2.10 bits per heavy atom. The van der Waals surface area contributed by atoms with Crippen LogP contribution in [0.3, 0.4) is 0 Å². The largest absolute Gasteiger partial charge is 0.419 e. The summed E-state index contributed by atoms with van der Waals surface area (Å²) in [6, 6.07) is 5.32. The number of thiophene rings is 1. The summed E-state index contributed by atoms with van der Waals surface area (Å²) in [6.45, 7) is 0.201. The molecule has 100 valence electrons. The monoisotopic (exact) mass is 286 g/mol. The molecule has 3 aromatic rings. The van der Waals surface area contributed by atoms with Gasteiger partial charge in [-0.1, -0.05) is 0 Å². The van der Waals surface area contributed by atoms with Gasteiger partial charge in [-0.25, -0.2) is 0 Å². The molecular formula is C13H10N4O2S. The highest BCUT2D eigenvalue weighted by Gasteiger charge is 2.10. The van der Waals surface area contributed by atoms with Gasteiger partial charge in [0, 0.05) is 28.9 Å². The highest BCUT2D eigenvalue weighted by molar-refractivity contribution is 7.08. The maximum Gasteiger partial charge on any atom is 0.252 e. The van der Waals surface area contributed by atoms with Gasteiger partial charge >= 0.3 is 0 Å². The summed E-state index contributed by atoms with van der Waals surface area (Å²) < 4.78 is 5.48. The number of aromatic nitrogens is 3. The van der Waals surface area contributed by atoms with Crippen LogP contribution in [-0.2, 0) is 6.54 Å². The summed E-state index contributed by atoms with van der Waals surface area (Å²) in [5.41, 5.74) is 1.42. The smallest absolute Gasteiger partial charge is 0.252 e. The Bertz CT molecular complexity index is 694. The van der Waals surface area contributed by atoms with Crippen molar-refractivity contribution < 1.29 is 9.21 Å². The normalized spacial score (nSPS) is 10.4. The number of nitrogens with one attached hydrogen (secondary N) is 1. The Morgan fingerprint density at radius 3 is 2.85 bits per heavy atom. The van der Waals surface area contributed by atoms with Gasteiger partial charge in [-0.15, -0.1) is 10.2 Å². The van der Waals surface area contributed by atoms with Gasteiger partial charge < -0.3 is 9.73 Å². The van der Waals surface area contributed by atoms with E-state index in [0.717, 1.165) is 5.56 Å². The van der Waals surface area contributed by atoms with E-state index in [1.807, 2.05) is 5.38 Å². The van der Waals surface area contributed by atoms with Crippen molar-refractivity contribution in [3.8, 4) is 11.5 Å². The topological polar surface area (TPSA) is 80.9 Å². The third-order valence-electron chi connectivity index (χ3n) is 2.58. The first-order valence-corrected chi connectivity index (χ1v) is 6.80. The second-order valence-corrected chi connectivity index (χ2v) is 4.71. The lowest BCUT2D eigenvalue weighted by Gasteiger charge is -1.99. The molecule has 0 aliphatic carbocycles. The Kier molecular flexibility index (Phi) is 3.51. The van der Waals surface area contributed by atoms with Crippen molar-refractivity contribution in [1.82, 2.24) is 20.5 Å². The third kappa shape index (κ3) is 2.72. The van der Waals surface area contributed by atoms with Crippen molar-refractivity contribution in [2.24, 2.45) is 0 Å². The summed E-state index contributed by atoms with van der Waals surface area (Å²) >= 11 is 1.47. The van der Waals surface area contributed by atoms with E-state index in [2.05, 4.69) is 20.5 Å². The number of carbonyl (C=O) groups is 1. The van der Waals surface area contributed by atoms with Gasteiger partial charge in [0.15, 0.2) is 0 Å². The molecule has 3 heterocycles. The van der Waals surface area contributed by atoms with E-state index in [1.165, 1.54) is 11.3 Å². The molecule has 3 rings (SSSR count). The molecule has 0 saturated heterocycles. The number of hydrogen-bond donors (Lipinski definition) is 1. The maximum atomic E-state index is 11.8. The number of pyridine rings is 1. The SMILES string of the molecule is O=C(NCc1nnc(-c2ccncc2)o1)c1ccsc1. The zero-order valence-corrected chi connectivity index (χ0v) is 11.1. The van der Waals surface area contributed by atoms with E-state index >= 15 is 0 Å². The van der Waals surface area contributed by atoms with Crippen LogP contribution in [0.1, 0.15) is 16.2 Å². The first-order chi connectivity index (χ1) is 9.83. The predicted molar refractivity (Wildman–Crippen MR) is 73.0 cm³/mol. The molecule has 0 aliphatic rings. The van der Waals surface area contributed by atoms with Crippen LogP contribution in [0.25, 0.3) is 11.5 Å². The third-order valence-corrected chi connectivity index (χ3v) is 3.26. The molecular weight excluding hydrogens is 276 g/mol. The Labute approximate surface area is 118 Å². The molecule has 0 radical (unpaired) electrons. The Hall–Kier alpha value is -2.54. The van der Waals surface area contributed by atoms with Crippen LogP contribution in [0, 0.1) is 0 Å². The molecule has 7 heteroatoms. The first-order valence-electron chi connectivity index (χ1n) is 5.86. The van der Waals surface area contributed by atoms with Crippen LogP contribution in [0.4, 0.5) is 0 Å². The van der Waals surface area contributed by atoms with E-state index in [1.54, 1.807) is 36.0 Å². The van der Waals surface area contributed by atoms with Gasteiger partial charge in [-0.3, -0.25) is 9.78 Å². The molecule has 0 saturated carbocycles. The summed E-state index contributed by atoms with van der Waals surface area (Å²) in [6.07, 6.45) is 3.30. The molecule has 3 aromatic heterocycles. The van der Waals surface area contributed by atoms with Crippen LogP contribution in [0.15, 0.2) is 45.8 Å². The Morgan fingerprint density at radius 1 is 1.25 bits per heavy atom. The van der Waals surface area contributed by atoms with E-state index in [4.69, 9.17) is 4.42 Å². The molecule has 0 atom stereocenters. The lowest BCUT2D eigenvalue weighted by molar-refractivity contribution is 0.0948. The Balaban J connectivity index is 1.65. The average molecular weight is 286 g/mol. The minimum Gasteiger partial charge on any atom is -0.419 e. The summed E-state index contributed by atoms with van der Waals surface area (Å²) in [7, 11) is 0. The van der Waals surface area contributed by atoms with Gasteiger partial charge in [0.1, 0.15) is 0 Å². The van der Waals surface area contributed by atoms with Crippen LogP contribution < -0.4 is 5.32 Å². The van der Waals surface area contributed by atoms with Crippen LogP contribution in [0.2, 0.25) is 0 Å². The van der Waals surface area contributed by atoms with Crippen molar-refractivity contribution in [1.29, 1.82) is 0 Å². The summed E-state index contributed by atoms with van der Waals surface area (Å²) in [5, 5.41) is 14.2. The fourth-order valence-electron chi connectivity index (χ4n) is 1.59. The average Bonchev–Trinajstić information content (AvgIpc) is 3.17. The van der Waals surface area contributed by atoms with E-state index in [-0.39, 0.29) is 12.5 Å². The molecule has 0 aliphatic heterocycles. The van der Waals surface area contributed by atoms with Crippen molar-refractivity contribution in [3.05, 3.63) is 52.8 Å². The van der Waals surface area contributed by atoms with Gasteiger partial charge in [-0.05, 0) is 23.6 Å². The van der Waals surface area contributed by atoms with E-state index in [0.29, 0.717) is 17.3 Å². The van der Waals surface area contributed by atoms with Gasteiger partial charge in [0.2, 0.25) is 11.8 Å². The second kappa shape index (κ2) is 5.62. The van der Waals surface area contributed by atoms with Crippen molar-refractivity contribution >= 4 is 17.2 Å². The van der Waals surface area contributed by atoms with E-state index in [9.17, 15) is 4.79 Å².